The summed E-state index contributed by atoms with van der Waals surface area (Å²) in [7, 11) is 1.88. The van der Waals surface area contributed by atoms with Crippen LogP contribution in [0.4, 0.5) is 0 Å². The first-order chi connectivity index (χ1) is 9.69. The monoisotopic (exact) mass is 293 g/mol. The molecule has 0 atom stereocenters. The van der Waals surface area contributed by atoms with Crippen LogP contribution in [0.15, 0.2) is 30.5 Å². The van der Waals surface area contributed by atoms with Gasteiger partial charge in [0.05, 0.1) is 10.7 Å². The third kappa shape index (κ3) is 4.25. The van der Waals surface area contributed by atoms with E-state index in [0.29, 0.717) is 17.4 Å². The molecule has 0 saturated carbocycles. The predicted molar refractivity (Wildman–Crippen MR) is 81.0 cm³/mol. The lowest BCUT2D eigenvalue weighted by Crippen LogP contribution is -2.13. The van der Waals surface area contributed by atoms with E-state index in [-0.39, 0.29) is 0 Å². The zero-order valence-electron chi connectivity index (χ0n) is 11.9. The highest BCUT2D eigenvalue weighted by Gasteiger charge is 2.05. The van der Waals surface area contributed by atoms with Crippen molar-refractivity contribution in [3.8, 4) is 5.75 Å². The summed E-state index contributed by atoms with van der Waals surface area (Å²) < 4.78 is 7.44. The molecule has 1 heterocycles. The summed E-state index contributed by atoms with van der Waals surface area (Å²) >= 11 is 6.24. The van der Waals surface area contributed by atoms with Gasteiger partial charge in [0.2, 0.25) is 0 Å². The van der Waals surface area contributed by atoms with Gasteiger partial charge in [-0.15, -0.1) is 0 Å². The van der Waals surface area contributed by atoms with Gasteiger partial charge in [0.25, 0.3) is 0 Å². The van der Waals surface area contributed by atoms with E-state index < -0.39 is 0 Å². The molecule has 2 aromatic rings. The lowest BCUT2D eigenvalue weighted by Gasteiger charge is -2.09. The molecule has 0 bridgehead atoms. The van der Waals surface area contributed by atoms with Crippen LogP contribution in [0, 0.1) is 0 Å². The number of aromatic nitrogens is 2. The van der Waals surface area contributed by atoms with Gasteiger partial charge in [-0.3, -0.25) is 4.68 Å². The highest BCUT2D eigenvalue weighted by molar-refractivity contribution is 6.32. The molecule has 20 heavy (non-hydrogen) atoms. The molecule has 0 unspecified atom stereocenters. The summed E-state index contributed by atoms with van der Waals surface area (Å²) in [6.45, 7) is 4.41. The maximum atomic E-state index is 6.24. The van der Waals surface area contributed by atoms with Gasteiger partial charge in [-0.05, 0) is 36.7 Å². The standard InChI is InChI=1S/C15H20ClN3O/c1-3-7-17-10-12-4-5-15(14(16)9-12)20-11-13-6-8-19(2)18-13/h4-6,8-9,17H,3,7,10-11H2,1-2H3. The van der Waals surface area contributed by atoms with Crippen LogP contribution < -0.4 is 10.1 Å². The van der Waals surface area contributed by atoms with Gasteiger partial charge in [-0.1, -0.05) is 24.6 Å². The number of halogens is 1. The van der Waals surface area contributed by atoms with Crippen molar-refractivity contribution in [2.75, 3.05) is 6.54 Å². The number of hydrogen-bond acceptors (Lipinski definition) is 3. The molecular weight excluding hydrogens is 274 g/mol. The van der Waals surface area contributed by atoms with E-state index >= 15 is 0 Å². The summed E-state index contributed by atoms with van der Waals surface area (Å²) in [6, 6.07) is 7.81. The first-order valence-electron chi connectivity index (χ1n) is 6.79. The molecule has 4 nitrogen and oxygen atoms in total. The second-order valence-corrected chi connectivity index (χ2v) is 5.12. The molecule has 0 amide bonds. The average Bonchev–Trinajstić information content (AvgIpc) is 2.84. The fraction of sp³-hybridized carbons (Fsp3) is 0.400. The Labute approximate surface area is 124 Å². The largest absolute Gasteiger partial charge is 0.486 e. The van der Waals surface area contributed by atoms with Gasteiger partial charge in [-0.25, -0.2) is 0 Å². The van der Waals surface area contributed by atoms with E-state index in [1.54, 1.807) is 4.68 Å². The first-order valence-corrected chi connectivity index (χ1v) is 7.17. The normalized spacial score (nSPS) is 10.8. The number of ether oxygens (including phenoxy) is 1. The number of nitrogens with one attached hydrogen (secondary N) is 1. The Hall–Kier alpha value is -1.52. The van der Waals surface area contributed by atoms with Crippen LogP contribution in [-0.4, -0.2) is 16.3 Å². The highest BCUT2D eigenvalue weighted by Crippen LogP contribution is 2.26. The second kappa shape index (κ2) is 7.31. The molecule has 2 rings (SSSR count). The van der Waals surface area contributed by atoms with Crippen LogP contribution in [0.5, 0.6) is 5.75 Å². The van der Waals surface area contributed by atoms with Gasteiger partial charge in [-0.2, -0.15) is 5.10 Å². The molecule has 108 valence electrons. The number of aryl methyl sites for hydroxylation is 1. The van der Waals surface area contributed by atoms with Gasteiger partial charge in [0.15, 0.2) is 0 Å². The molecule has 0 fully saturated rings. The van der Waals surface area contributed by atoms with Crippen LogP contribution >= 0.6 is 11.6 Å². The summed E-state index contributed by atoms with van der Waals surface area (Å²) in [5.41, 5.74) is 2.05. The molecular formula is C15H20ClN3O. The van der Waals surface area contributed by atoms with E-state index in [4.69, 9.17) is 16.3 Å². The minimum absolute atomic E-state index is 0.425. The topological polar surface area (TPSA) is 39.1 Å². The molecule has 1 aromatic carbocycles. The van der Waals surface area contributed by atoms with Crippen molar-refractivity contribution < 1.29 is 4.74 Å². The third-order valence-corrected chi connectivity index (χ3v) is 3.19. The van der Waals surface area contributed by atoms with E-state index in [9.17, 15) is 0 Å². The van der Waals surface area contributed by atoms with Crippen LogP contribution in [0.25, 0.3) is 0 Å². The smallest absolute Gasteiger partial charge is 0.138 e. The van der Waals surface area contributed by atoms with Crippen molar-refractivity contribution in [1.82, 2.24) is 15.1 Å². The third-order valence-electron chi connectivity index (χ3n) is 2.90. The Morgan fingerprint density at radius 1 is 1.35 bits per heavy atom. The van der Waals surface area contributed by atoms with Crippen molar-refractivity contribution in [1.29, 1.82) is 0 Å². The molecule has 0 aliphatic carbocycles. The minimum Gasteiger partial charge on any atom is -0.486 e. The number of rotatable bonds is 7. The summed E-state index contributed by atoms with van der Waals surface area (Å²) in [5, 5.41) is 8.24. The van der Waals surface area contributed by atoms with Crippen LogP contribution in [0.3, 0.4) is 0 Å². The number of nitrogens with zero attached hydrogens (tertiary/aromatic N) is 2. The molecule has 0 radical (unpaired) electrons. The van der Waals surface area contributed by atoms with Crippen LogP contribution in [-0.2, 0) is 20.2 Å². The maximum absolute atomic E-state index is 6.24. The molecule has 0 spiro atoms. The molecule has 0 aliphatic heterocycles. The van der Waals surface area contributed by atoms with Crippen molar-refractivity contribution in [2.24, 2.45) is 7.05 Å². The molecule has 1 N–H and O–H groups in total. The Morgan fingerprint density at radius 3 is 2.85 bits per heavy atom. The zero-order chi connectivity index (χ0) is 14.4. The van der Waals surface area contributed by atoms with Crippen molar-refractivity contribution in [3.05, 3.63) is 46.7 Å². The molecule has 0 saturated heterocycles. The lowest BCUT2D eigenvalue weighted by molar-refractivity contribution is 0.300. The van der Waals surface area contributed by atoms with Crippen molar-refractivity contribution >= 4 is 11.6 Å². The Balaban J connectivity index is 1.92. The van der Waals surface area contributed by atoms with Gasteiger partial charge >= 0.3 is 0 Å². The molecule has 5 heteroatoms. The first kappa shape index (κ1) is 14.9. The fourth-order valence-corrected chi connectivity index (χ4v) is 2.13. The van der Waals surface area contributed by atoms with Gasteiger partial charge < -0.3 is 10.1 Å². The SMILES string of the molecule is CCCNCc1ccc(OCc2ccn(C)n2)c(Cl)c1. The van der Waals surface area contributed by atoms with E-state index in [1.165, 1.54) is 0 Å². The van der Waals surface area contributed by atoms with Crippen LogP contribution in [0.1, 0.15) is 24.6 Å². The Bertz CT molecular complexity index is 554. The fourth-order valence-electron chi connectivity index (χ4n) is 1.87. The average molecular weight is 294 g/mol. The van der Waals surface area contributed by atoms with Crippen LogP contribution in [0.2, 0.25) is 5.02 Å². The highest BCUT2D eigenvalue weighted by atomic mass is 35.5. The van der Waals surface area contributed by atoms with Crippen molar-refractivity contribution in [3.63, 3.8) is 0 Å². The Morgan fingerprint density at radius 2 is 2.20 bits per heavy atom. The number of hydrogen-bond donors (Lipinski definition) is 1. The second-order valence-electron chi connectivity index (χ2n) is 4.71. The minimum atomic E-state index is 0.425. The van der Waals surface area contributed by atoms with E-state index in [0.717, 1.165) is 30.8 Å². The quantitative estimate of drug-likeness (QED) is 0.797. The number of benzene rings is 1. The van der Waals surface area contributed by atoms with Crippen molar-refractivity contribution in [2.45, 2.75) is 26.5 Å². The summed E-state index contributed by atoms with van der Waals surface area (Å²) in [4.78, 5) is 0. The van der Waals surface area contributed by atoms with E-state index in [2.05, 4.69) is 17.3 Å². The Kier molecular flexibility index (Phi) is 5.44. The predicted octanol–water partition coefficient (Wildman–Crippen LogP) is 3.15. The lowest BCUT2D eigenvalue weighted by atomic mass is 10.2. The summed E-state index contributed by atoms with van der Waals surface area (Å²) in [5.74, 6) is 0.691. The zero-order valence-corrected chi connectivity index (χ0v) is 12.7. The maximum Gasteiger partial charge on any atom is 0.138 e. The molecule has 1 aromatic heterocycles. The van der Waals surface area contributed by atoms with E-state index in [1.807, 2.05) is 37.5 Å². The molecule has 0 aliphatic rings. The van der Waals surface area contributed by atoms with Gasteiger partial charge in [0, 0.05) is 19.8 Å². The summed E-state index contributed by atoms with van der Waals surface area (Å²) in [6.07, 6.45) is 3.02. The van der Waals surface area contributed by atoms with Gasteiger partial charge in [0.1, 0.15) is 12.4 Å².